The standard InChI is InChI=1S/C39H35ClF3N3O4S2/c40-31-14-10-28(11-15-31)35-9-5-4-6-30(35)27-45-20-22-46(23-21-45)32-16-12-29(13-17-32)38(47)44-52(48,49)34-18-19-37(36(26-34)39(41,42)43)50-24-25-51-33-7-2-1-3-8-33/h1-19,26H,20-25,27H2,(H,44,47). The number of sulfonamides is 1. The first-order chi connectivity index (χ1) is 25.0. The maximum atomic E-state index is 13.9. The summed E-state index contributed by atoms with van der Waals surface area (Å²) >= 11 is 7.51. The lowest BCUT2D eigenvalue weighted by Gasteiger charge is -2.36. The van der Waals surface area contributed by atoms with E-state index in [2.05, 4.69) is 21.9 Å². The highest BCUT2D eigenvalue weighted by Gasteiger charge is 2.36. The molecule has 0 saturated carbocycles. The lowest BCUT2D eigenvalue weighted by molar-refractivity contribution is -0.139. The minimum atomic E-state index is -4.89. The van der Waals surface area contributed by atoms with Crippen LogP contribution in [0.1, 0.15) is 21.5 Å². The monoisotopic (exact) mass is 765 g/mol. The Balaban J connectivity index is 1.04. The summed E-state index contributed by atoms with van der Waals surface area (Å²) < 4.78 is 75.2. The third kappa shape index (κ3) is 9.48. The number of hydrogen-bond acceptors (Lipinski definition) is 7. The molecule has 0 unspecified atom stereocenters. The average Bonchev–Trinajstić information content (AvgIpc) is 3.14. The predicted octanol–water partition coefficient (Wildman–Crippen LogP) is 8.64. The molecule has 1 amide bonds. The van der Waals surface area contributed by atoms with Crippen molar-refractivity contribution in [2.24, 2.45) is 0 Å². The summed E-state index contributed by atoms with van der Waals surface area (Å²) in [5.41, 5.74) is 3.16. The molecule has 0 spiro atoms. The number of rotatable bonds is 12. The summed E-state index contributed by atoms with van der Waals surface area (Å²) in [7, 11) is -4.63. The molecule has 1 N–H and O–H groups in total. The highest BCUT2D eigenvalue weighted by atomic mass is 35.5. The van der Waals surface area contributed by atoms with Crippen molar-refractivity contribution in [2.75, 3.05) is 43.4 Å². The van der Waals surface area contributed by atoms with Crippen LogP contribution in [0, 0.1) is 0 Å². The second kappa shape index (κ2) is 16.5. The van der Waals surface area contributed by atoms with Crippen molar-refractivity contribution in [3.63, 3.8) is 0 Å². The fourth-order valence-corrected chi connectivity index (χ4v) is 7.77. The first-order valence-electron chi connectivity index (χ1n) is 16.5. The number of carbonyl (C=O) groups excluding carboxylic acids is 1. The smallest absolute Gasteiger partial charge is 0.420 e. The number of amides is 1. The Labute approximate surface area is 310 Å². The van der Waals surface area contributed by atoms with Crippen LogP contribution in [0.5, 0.6) is 5.75 Å². The maximum Gasteiger partial charge on any atom is 0.420 e. The zero-order valence-corrected chi connectivity index (χ0v) is 30.2. The Morgan fingerprint density at radius 2 is 1.50 bits per heavy atom. The van der Waals surface area contributed by atoms with Gasteiger partial charge in [0.15, 0.2) is 0 Å². The third-order valence-electron chi connectivity index (χ3n) is 8.58. The zero-order chi connectivity index (χ0) is 36.7. The van der Waals surface area contributed by atoms with Gasteiger partial charge >= 0.3 is 6.18 Å². The molecule has 0 bridgehead atoms. The van der Waals surface area contributed by atoms with E-state index in [1.165, 1.54) is 29.5 Å². The molecule has 1 heterocycles. The lowest BCUT2D eigenvalue weighted by atomic mass is 9.99. The SMILES string of the molecule is O=C(NS(=O)(=O)c1ccc(OCCSc2ccccc2)c(C(F)(F)F)c1)c1ccc(N2CCN(Cc3ccccc3-c3ccc(Cl)cc3)CC2)cc1. The van der Waals surface area contributed by atoms with E-state index in [9.17, 15) is 26.4 Å². The topological polar surface area (TPSA) is 78.9 Å². The maximum absolute atomic E-state index is 13.9. The van der Waals surface area contributed by atoms with E-state index in [4.69, 9.17) is 16.3 Å². The third-order valence-corrected chi connectivity index (χ3v) is 11.1. The summed E-state index contributed by atoms with van der Waals surface area (Å²) in [5.74, 6) is -1.07. The highest BCUT2D eigenvalue weighted by Crippen LogP contribution is 2.38. The number of hydrogen-bond donors (Lipinski definition) is 1. The van der Waals surface area contributed by atoms with Crippen molar-refractivity contribution in [1.82, 2.24) is 9.62 Å². The van der Waals surface area contributed by atoms with Crippen LogP contribution in [-0.2, 0) is 22.7 Å². The molecular weight excluding hydrogens is 731 g/mol. The fourth-order valence-electron chi connectivity index (χ4n) is 5.89. The molecule has 52 heavy (non-hydrogen) atoms. The molecule has 0 aliphatic carbocycles. The van der Waals surface area contributed by atoms with Gasteiger partial charge in [-0.25, -0.2) is 13.1 Å². The molecular formula is C39H35ClF3N3O4S2. The number of ether oxygens (including phenoxy) is 1. The van der Waals surface area contributed by atoms with Crippen LogP contribution < -0.4 is 14.4 Å². The minimum Gasteiger partial charge on any atom is -0.492 e. The largest absolute Gasteiger partial charge is 0.492 e. The Bertz CT molecular complexity index is 2090. The number of alkyl halides is 3. The van der Waals surface area contributed by atoms with Gasteiger partial charge in [-0.05, 0) is 83.4 Å². The van der Waals surface area contributed by atoms with E-state index in [-0.39, 0.29) is 12.2 Å². The number of nitrogens with zero attached hydrogens (tertiary/aromatic N) is 2. The lowest BCUT2D eigenvalue weighted by Crippen LogP contribution is -2.46. The van der Waals surface area contributed by atoms with E-state index < -0.39 is 38.3 Å². The molecule has 1 aliphatic heterocycles. The van der Waals surface area contributed by atoms with Gasteiger partial charge in [-0.15, -0.1) is 11.8 Å². The van der Waals surface area contributed by atoms with Gasteiger partial charge in [-0.3, -0.25) is 9.69 Å². The van der Waals surface area contributed by atoms with Gasteiger partial charge in [0.05, 0.1) is 17.1 Å². The summed E-state index contributed by atoms with van der Waals surface area (Å²) in [6.45, 7) is 3.87. The number of halogens is 4. The Morgan fingerprint density at radius 1 is 0.827 bits per heavy atom. The molecule has 1 saturated heterocycles. The van der Waals surface area contributed by atoms with Crippen LogP contribution in [0.15, 0.2) is 131 Å². The first kappa shape index (κ1) is 37.3. The molecule has 13 heteroatoms. The highest BCUT2D eigenvalue weighted by molar-refractivity contribution is 7.99. The fraction of sp³-hybridized carbons (Fsp3) is 0.205. The van der Waals surface area contributed by atoms with Crippen LogP contribution in [0.4, 0.5) is 18.9 Å². The average molecular weight is 766 g/mol. The number of piperazine rings is 1. The van der Waals surface area contributed by atoms with Crippen molar-refractivity contribution in [3.8, 4) is 16.9 Å². The van der Waals surface area contributed by atoms with Gasteiger partial charge in [-0.2, -0.15) is 13.2 Å². The molecule has 0 radical (unpaired) electrons. The summed E-state index contributed by atoms with van der Waals surface area (Å²) in [5, 5.41) is 0.691. The van der Waals surface area contributed by atoms with Gasteiger partial charge in [0, 0.05) is 59.6 Å². The molecule has 270 valence electrons. The first-order valence-corrected chi connectivity index (χ1v) is 19.3. The van der Waals surface area contributed by atoms with E-state index in [1.807, 2.05) is 71.5 Å². The van der Waals surface area contributed by atoms with Gasteiger partial charge < -0.3 is 9.64 Å². The number of nitrogens with one attached hydrogen (secondary N) is 1. The van der Waals surface area contributed by atoms with Gasteiger partial charge in [0.25, 0.3) is 15.9 Å². The molecule has 5 aromatic rings. The predicted molar refractivity (Wildman–Crippen MR) is 200 cm³/mol. The quantitative estimate of drug-likeness (QED) is 0.101. The Hall–Kier alpha value is -4.49. The molecule has 6 rings (SSSR count). The number of thioether (sulfide) groups is 1. The van der Waals surface area contributed by atoms with E-state index in [0.29, 0.717) is 16.8 Å². The second-order valence-corrected chi connectivity index (χ2v) is 15.4. The van der Waals surface area contributed by atoms with Gasteiger partial charge in [0.1, 0.15) is 5.75 Å². The van der Waals surface area contributed by atoms with Crippen LogP contribution in [0.2, 0.25) is 5.02 Å². The van der Waals surface area contributed by atoms with Crippen molar-refractivity contribution in [2.45, 2.75) is 22.5 Å². The van der Waals surface area contributed by atoms with Crippen molar-refractivity contribution in [3.05, 3.63) is 143 Å². The van der Waals surface area contributed by atoms with E-state index in [1.54, 1.807) is 12.1 Å². The molecule has 0 aromatic heterocycles. The van der Waals surface area contributed by atoms with Gasteiger partial charge in [-0.1, -0.05) is 66.2 Å². The van der Waals surface area contributed by atoms with Crippen LogP contribution >= 0.6 is 23.4 Å². The molecule has 5 aromatic carbocycles. The Morgan fingerprint density at radius 3 is 2.19 bits per heavy atom. The van der Waals surface area contributed by atoms with Gasteiger partial charge in [0.2, 0.25) is 0 Å². The summed E-state index contributed by atoms with van der Waals surface area (Å²) in [4.78, 5) is 17.8. The second-order valence-electron chi connectivity index (χ2n) is 12.1. The normalized spacial score (nSPS) is 13.9. The van der Waals surface area contributed by atoms with Crippen molar-refractivity contribution in [1.29, 1.82) is 0 Å². The summed E-state index contributed by atoms with van der Waals surface area (Å²) in [6, 6.07) is 34.3. The van der Waals surface area contributed by atoms with Crippen molar-refractivity contribution < 1.29 is 31.1 Å². The minimum absolute atomic E-state index is 0.0309. The molecule has 7 nitrogen and oxygen atoms in total. The van der Waals surface area contributed by atoms with E-state index >= 15 is 0 Å². The van der Waals surface area contributed by atoms with Crippen molar-refractivity contribution >= 4 is 45.0 Å². The van der Waals surface area contributed by atoms with Crippen LogP contribution in [0.25, 0.3) is 11.1 Å². The molecule has 1 fully saturated rings. The summed E-state index contributed by atoms with van der Waals surface area (Å²) in [6.07, 6.45) is -4.89. The van der Waals surface area contributed by atoms with Crippen LogP contribution in [-0.4, -0.2) is 57.8 Å². The number of anilines is 1. The zero-order valence-electron chi connectivity index (χ0n) is 27.9. The Kier molecular flexibility index (Phi) is 11.8. The number of benzene rings is 5. The van der Waals surface area contributed by atoms with Crippen LogP contribution in [0.3, 0.4) is 0 Å². The molecule has 1 aliphatic rings. The molecule has 0 atom stereocenters. The number of carbonyl (C=O) groups is 1. The van der Waals surface area contributed by atoms with E-state index in [0.717, 1.165) is 66.6 Å².